The molecule has 1 nitrogen and oxygen atoms in total. The zero-order valence-corrected chi connectivity index (χ0v) is 9.68. The normalized spacial score (nSPS) is 52.8. The molecule has 2 saturated carbocycles. The number of carbonyl (C=O) groups excluding carboxylic acids is 1. The molecule has 1 heteroatoms. The first-order chi connectivity index (χ1) is 6.45. The van der Waals surface area contributed by atoms with Crippen LogP contribution in [0.5, 0.6) is 0 Å². The van der Waals surface area contributed by atoms with Crippen molar-refractivity contribution >= 4 is 6.29 Å². The topological polar surface area (TPSA) is 17.1 Å². The molecule has 0 heterocycles. The number of aldehydes is 1. The summed E-state index contributed by atoms with van der Waals surface area (Å²) in [4.78, 5) is 11.1. The largest absolute Gasteiger partial charge is 0.303 e. The monoisotopic (exact) mass is 194 g/mol. The van der Waals surface area contributed by atoms with Gasteiger partial charge in [-0.1, -0.05) is 20.8 Å². The Bertz CT molecular complexity index is 244. The summed E-state index contributed by atoms with van der Waals surface area (Å²) in [7, 11) is 0. The van der Waals surface area contributed by atoms with Crippen LogP contribution in [-0.2, 0) is 4.79 Å². The number of fused-ring (bicyclic) bond motifs is 2. The minimum atomic E-state index is -0.0161. The third-order valence-electron chi connectivity index (χ3n) is 4.23. The highest BCUT2D eigenvalue weighted by Gasteiger charge is 2.46. The molecule has 0 saturated heterocycles. The van der Waals surface area contributed by atoms with E-state index in [1.54, 1.807) is 0 Å². The van der Waals surface area contributed by atoms with E-state index in [4.69, 9.17) is 0 Å². The van der Waals surface area contributed by atoms with Crippen molar-refractivity contribution < 1.29 is 4.79 Å². The van der Waals surface area contributed by atoms with E-state index in [0.717, 1.165) is 24.7 Å². The molecular weight excluding hydrogens is 172 g/mol. The summed E-state index contributed by atoms with van der Waals surface area (Å²) in [6.07, 6.45) is 7.50. The predicted molar refractivity (Wildman–Crippen MR) is 58.0 cm³/mol. The molecule has 0 radical (unpaired) electrons. The highest BCUT2D eigenvalue weighted by molar-refractivity contribution is 5.59. The number of carbonyl (C=O) groups is 1. The molecule has 0 N–H and O–H groups in total. The number of rotatable bonds is 1. The highest BCUT2D eigenvalue weighted by Crippen LogP contribution is 2.55. The summed E-state index contributed by atoms with van der Waals surface area (Å²) in [6.45, 7) is 6.91. The maximum Gasteiger partial charge on any atom is 0.125 e. The van der Waals surface area contributed by atoms with Crippen LogP contribution < -0.4 is 0 Å². The van der Waals surface area contributed by atoms with E-state index in [0.29, 0.717) is 5.41 Å². The Morgan fingerprint density at radius 3 is 2.50 bits per heavy atom. The predicted octanol–water partition coefficient (Wildman–Crippen LogP) is 3.43. The van der Waals surface area contributed by atoms with E-state index in [1.807, 2.05) is 0 Å². The molecule has 0 aromatic heterocycles. The molecule has 2 aliphatic carbocycles. The van der Waals surface area contributed by atoms with Gasteiger partial charge in [-0.25, -0.2) is 0 Å². The van der Waals surface area contributed by atoms with Crippen LogP contribution in [0, 0.1) is 22.7 Å². The number of hydrogen-bond acceptors (Lipinski definition) is 1. The van der Waals surface area contributed by atoms with Gasteiger partial charge in [0.2, 0.25) is 0 Å². The van der Waals surface area contributed by atoms with Gasteiger partial charge in [0.25, 0.3) is 0 Å². The maximum atomic E-state index is 11.1. The molecule has 4 atom stereocenters. The minimum Gasteiger partial charge on any atom is -0.303 e. The summed E-state index contributed by atoms with van der Waals surface area (Å²) in [5.41, 5.74) is 0.439. The minimum absolute atomic E-state index is 0.0161. The summed E-state index contributed by atoms with van der Waals surface area (Å²) in [5.74, 6) is 1.68. The van der Waals surface area contributed by atoms with Gasteiger partial charge in [-0.3, -0.25) is 0 Å². The van der Waals surface area contributed by atoms with Gasteiger partial charge in [-0.05, 0) is 49.4 Å². The van der Waals surface area contributed by atoms with Crippen LogP contribution in [0.2, 0.25) is 0 Å². The smallest absolute Gasteiger partial charge is 0.125 e. The Morgan fingerprint density at radius 2 is 1.93 bits per heavy atom. The average molecular weight is 194 g/mol. The van der Waals surface area contributed by atoms with Crippen LogP contribution in [-0.4, -0.2) is 6.29 Å². The first-order valence-corrected chi connectivity index (χ1v) is 5.91. The lowest BCUT2D eigenvalue weighted by molar-refractivity contribution is -0.123. The third kappa shape index (κ3) is 1.74. The molecule has 14 heavy (non-hydrogen) atoms. The van der Waals surface area contributed by atoms with Crippen molar-refractivity contribution in [3.8, 4) is 0 Å². The van der Waals surface area contributed by atoms with Crippen molar-refractivity contribution in [2.75, 3.05) is 0 Å². The van der Waals surface area contributed by atoms with Gasteiger partial charge < -0.3 is 4.79 Å². The van der Waals surface area contributed by atoms with Gasteiger partial charge in [0, 0.05) is 5.41 Å². The third-order valence-corrected chi connectivity index (χ3v) is 4.23. The first-order valence-electron chi connectivity index (χ1n) is 5.91. The Labute approximate surface area is 87.3 Å². The van der Waals surface area contributed by atoms with E-state index < -0.39 is 0 Å². The Hall–Kier alpha value is -0.330. The molecule has 4 unspecified atom stereocenters. The van der Waals surface area contributed by atoms with Crippen molar-refractivity contribution in [1.82, 2.24) is 0 Å². The van der Waals surface area contributed by atoms with Crippen LogP contribution in [0.4, 0.5) is 0 Å². The molecule has 0 aromatic rings. The summed E-state index contributed by atoms with van der Waals surface area (Å²) >= 11 is 0. The molecule has 0 spiro atoms. The molecule has 2 aliphatic rings. The molecular formula is C13H22O. The van der Waals surface area contributed by atoms with E-state index in [2.05, 4.69) is 20.8 Å². The van der Waals surface area contributed by atoms with Crippen molar-refractivity contribution in [1.29, 1.82) is 0 Å². The van der Waals surface area contributed by atoms with Gasteiger partial charge >= 0.3 is 0 Å². The Morgan fingerprint density at radius 1 is 1.21 bits per heavy atom. The quantitative estimate of drug-likeness (QED) is 0.584. The molecule has 2 fully saturated rings. The van der Waals surface area contributed by atoms with Gasteiger partial charge in [-0.15, -0.1) is 0 Å². The summed E-state index contributed by atoms with van der Waals surface area (Å²) in [6, 6.07) is 0. The summed E-state index contributed by atoms with van der Waals surface area (Å²) < 4.78 is 0. The fraction of sp³-hybridized carbons (Fsp3) is 0.923. The van der Waals surface area contributed by atoms with E-state index in [-0.39, 0.29) is 5.41 Å². The lowest BCUT2D eigenvalue weighted by atomic mass is 9.53. The van der Waals surface area contributed by atoms with Crippen molar-refractivity contribution in [3.63, 3.8) is 0 Å². The zero-order valence-electron chi connectivity index (χ0n) is 9.68. The second kappa shape index (κ2) is 3.08. The lowest BCUT2D eigenvalue weighted by Crippen LogP contribution is -2.42. The Balaban J connectivity index is 2.20. The second-order valence-corrected chi connectivity index (χ2v) is 6.58. The Kier molecular flexibility index (Phi) is 2.24. The molecule has 0 amide bonds. The second-order valence-electron chi connectivity index (χ2n) is 6.58. The van der Waals surface area contributed by atoms with Crippen LogP contribution >= 0.6 is 0 Å². The molecule has 0 aliphatic heterocycles. The van der Waals surface area contributed by atoms with Gasteiger partial charge in [0.05, 0.1) is 0 Å². The van der Waals surface area contributed by atoms with Crippen LogP contribution in [0.15, 0.2) is 0 Å². The average Bonchev–Trinajstić information content (AvgIpc) is 1.99. The molecule has 2 bridgehead atoms. The molecule has 2 rings (SSSR count). The molecule has 80 valence electrons. The van der Waals surface area contributed by atoms with E-state index in [1.165, 1.54) is 25.5 Å². The SMILES string of the molecule is CC1CC2CC(C)(C=O)CC(C)(C1)C2. The standard InChI is InChI=1S/C13H22O/c1-10-4-11-6-12(2,5-10)8-13(3,7-11)9-14/h9-11H,4-8H2,1-3H3. The summed E-state index contributed by atoms with van der Waals surface area (Å²) in [5, 5.41) is 0. The number of hydrogen-bond donors (Lipinski definition) is 0. The van der Waals surface area contributed by atoms with E-state index in [9.17, 15) is 4.79 Å². The van der Waals surface area contributed by atoms with Crippen LogP contribution in [0.25, 0.3) is 0 Å². The highest BCUT2D eigenvalue weighted by atomic mass is 16.1. The van der Waals surface area contributed by atoms with Crippen molar-refractivity contribution in [3.05, 3.63) is 0 Å². The van der Waals surface area contributed by atoms with Crippen LogP contribution in [0.1, 0.15) is 52.9 Å². The van der Waals surface area contributed by atoms with Gasteiger partial charge in [-0.2, -0.15) is 0 Å². The van der Waals surface area contributed by atoms with Crippen LogP contribution in [0.3, 0.4) is 0 Å². The van der Waals surface area contributed by atoms with E-state index >= 15 is 0 Å². The van der Waals surface area contributed by atoms with Gasteiger partial charge in [0.1, 0.15) is 6.29 Å². The first kappa shape index (κ1) is 10.2. The fourth-order valence-electron chi connectivity index (χ4n) is 4.45. The maximum absolute atomic E-state index is 11.1. The fourth-order valence-corrected chi connectivity index (χ4v) is 4.45. The molecule has 0 aromatic carbocycles. The van der Waals surface area contributed by atoms with Crippen molar-refractivity contribution in [2.45, 2.75) is 52.9 Å². The van der Waals surface area contributed by atoms with Gasteiger partial charge in [0.15, 0.2) is 0 Å². The zero-order chi connectivity index (χ0) is 10.4. The van der Waals surface area contributed by atoms with Crippen molar-refractivity contribution in [2.24, 2.45) is 22.7 Å². The lowest BCUT2D eigenvalue weighted by Gasteiger charge is -2.51.